The first kappa shape index (κ1) is 19.7. The Morgan fingerprint density at radius 2 is 1.96 bits per heavy atom. The zero-order chi connectivity index (χ0) is 19.9. The Balaban J connectivity index is 1.60. The molecule has 2 aromatic rings. The summed E-state index contributed by atoms with van der Waals surface area (Å²) < 4.78 is 0. The van der Waals surface area contributed by atoms with Crippen molar-refractivity contribution >= 4 is 17.6 Å². The molecule has 0 unspecified atom stereocenters. The minimum atomic E-state index is -0.128. The van der Waals surface area contributed by atoms with Crippen molar-refractivity contribution in [3.63, 3.8) is 0 Å². The Labute approximate surface area is 165 Å². The Morgan fingerprint density at radius 3 is 2.64 bits per heavy atom. The molecule has 0 spiro atoms. The average Bonchev–Trinajstić information content (AvgIpc) is 2.94. The van der Waals surface area contributed by atoms with E-state index in [1.54, 1.807) is 25.5 Å². The fourth-order valence-corrected chi connectivity index (χ4v) is 3.44. The molecule has 1 saturated heterocycles. The van der Waals surface area contributed by atoms with Gasteiger partial charge in [-0.1, -0.05) is 0 Å². The van der Waals surface area contributed by atoms with Gasteiger partial charge in [0, 0.05) is 56.3 Å². The number of urea groups is 1. The molecule has 0 radical (unpaired) electrons. The van der Waals surface area contributed by atoms with Crippen molar-refractivity contribution in [3.05, 3.63) is 48.3 Å². The first-order chi connectivity index (χ1) is 13.5. The lowest BCUT2D eigenvalue weighted by Gasteiger charge is -2.30. The van der Waals surface area contributed by atoms with Gasteiger partial charge in [-0.3, -0.25) is 9.78 Å². The van der Waals surface area contributed by atoms with E-state index in [2.05, 4.69) is 20.3 Å². The van der Waals surface area contributed by atoms with Crippen molar-refractivity contribution < 1.29 is 9.59 Å². The molecule has 8 heteroatoms. The third-order valence-electron chi connectivity index (χ3n) is 4.96. The van der Waals surface area contributed by atoms with E-state index in [9.17, 15) is 9.59 Å². The highest BCUT2D eigenvalue weighted by Crippen LogP contribution is 2.20. The predicted molar refractivity (Wildman–Crippen MR) is 105 cm³/mol. The Morgan fingerprint density at radius 1 is 1.18 bits per heavy atom. The quantitative estimate of drug-likeness (QED) is 0.878. The molecule has 3 amide bonds. The maximum absolute atomic E-state index is 12.6. The first-order valence-corrected chi connectivity index (χ1v) is 9.52. The van der Waals surface area contributed by atoms with Crippen LogP contribution in [0.15, 0.2) is 37.1 Å². The Bertz CT molecular complexity index is 796. The molecule has 0 aliphatic carbocycles. The van der Waals surface area contributed by atoms with E-state index in [0.29, 0.717) is 25.3 Å². The molecule has 1 atom stereocenters. The number of hydrogen-bond acceptors (Lipinski definition) is 5. The van der Waals surface area contributed by atoms with Gasteiger partial charge < -0.3 is 15.1 Å². The van der Waals surface area contributed by atoms with E-state index < -0.39 is 0 Å². The zero-order valence-corrected chi connectivity index (χ0v) is 16.3. The number of hydrogen-bond donors (Lipinski definition) is 1. The number of pyridine rings is 1. The summed E-state index contributed by atoms with van der Waals surface area (Å²) in [5.41, 5.74) is 2.50. The lowest BCUT2D eigenvalue weighted by molar-refractivity contribution is -0.132. The topological polar surface area (TPSA) is 91.3 Å². The minimum absolute atomic E-state index is 0.0254. The summed E-state index contributed by atoms with van der Waals surface area (Å²) in [6.07, 6.45) is 9.06. The first-order valence-electron chi connectivity index (χ1n) is 9.52. The largest absolute Gasteiger partial charge is 0.335 e. The van der Waals surface area contributed by atoms with E-state index in [1.165, 1.54) is 6.33 Å². The number of likely N-dealkylation sites (tertiary alicyclic amines) is 1. The fourth-order valence-electron chi connectivity index (χ4n) is 3.44. The van der Waals surface area contributed by atoms with Crippen molar-refractivity contribution in [1.82, 2.24) is 24.8 Å². The maximum Gasteiger partial charge on any atom is 0.321 e. The van der Waals surface area contributed by atoms with Crippen LogP contribution in [0.4, 0.5) is 10.5 Å². The fraction of sp³-hybridized carbons (Fsp3) is 0.450. The molecular formula is C20H26N6O2. The number of nitrogens with one attached hydrogen (secondary N) is 1. The molecule has 8 nitrogen and oxygen atoms in total. The van der Waals surface area contributed by atoms with Gasteiger partial charge >= 0.3 is 6.03 Å². The summed E-state index contributed by atoms with van der Waals surface area (Å²) in [5, 5.41) is 2.90. The summed E-state index contributed by atoms with van der Waals surface area (Å²) >= 11 is 0. The van der Waals surface area contributed by atoms with Gasteiger partial charge in [-0.2, -0.15) is 0 Å². The van der Waals surface area contributed by atoms with Crippen molar-refractivity contribution in [2.75, 3.05) is 18.4 Å². The van der Waals surface area contributed by atoms with E-state index in [4.69, 9.17) is 0 Å². The molecule has 0 bridgehead atoms. The highest BCUT2D eigenvalue weighted by molar-refractivity contribution is 5.89. The second kappa shape index (κ2) is 9.25. The smallest absolute Gasteiger partial charge is 0.321 e. The predicted octanol–water partition coefficient (Wildman–Crippen LogP) is 2.62. The van der Waals surface area contributed by atoms with Crippen molar-refractivity contribution in [2.24, 2.45) is 0 Å². The van der Waals surface area contributed by atoms with Crippen LogP contribution >= 0.6 is 0 Å². The van der Waals surface area contributed by atoms with E-state index in [0.717, 1.165) is 30.5 Å². The second-order valence-electron chi connectivity index (χ2n) is 7.08. The van der Waals surface area contributed by atoms with Crippen LogP contribution in [0.3, 0.4) is 0 Å². The third kappa shape index (κ3) is 5.25. The van der Waals surface area contributed by atoms with E-state index >= 15 is 0 Å². The molecule has 2 aromatic heterocycles. The lowest BCUT2D eigenvalue weighted by Crippen LogP contribution is -2.40. The number of amides is 3. The van der Waals surface area contributed by atoms with Crippen LogP contribution in [-0.2, 0) is 11.3 Å². The van der Waals surface area contributed by atoms with Crippen LogP contribution in [0, 0.1) is 6.92 Å². The van der Waals surface area contributed by atoms with Gasteiger partial charge in [-0.15, -0.1) is 0 Å². The Kier molecular flexibility index (Phi) is 6.52. The van der Waals surface area contributed by atoms with Crippen molar-refractivity contribution in [1.29, 1.82) is 0 Å². The number of rotatable bonds is 4. The number of anilines is 1. The summed E-state index contributed by atoms with van der Waals surface area (Å²) in [6, 6.07) is 3.68. The standard InChI is InChI=1S/C20H26N6O2/c1-15-5-6-18(12-23-15)24-20(28)25-8-3-4-19(7-9-25)26(16(2)27)13-17-10-21-14-22-11-17/h5-6,10-12,14,19H,3-4,7-9,13H2,1-2H3,(H,24,28)/t19-/m0/s1. The molecule has 1 N–H and O–H groups in total. The van der Waals surface area contributed by atoms with Gasteiger partial charge in [-0.05, 0) is 38.3 Å². The zero-order valence-electron chi connectivity index (χ0n) is 16.3. The van der Waals surface area contributed by atoms with Gasteiger partial charge in [0.1, 0.15) is 6.33 Å². The van der Waals surface area contributed by atoms with E-state index in [-0.39, 0.29) is 18.0 Å². The van der Waals surface area contributed by atoms with Crippen LogP contribution in [0.1, 0.15) is 37.4 Å². The van der Waals surface area contributed by atoms with Crippen LogP contribution in [0.25, 0.3) is 0 Å². The molecule has 3 rings (SSSR count). The summed E-state index contributed by atoms with van der Waals surface area (Å²) in [6.45, 7) is 5.25. The van der Waals surface area contributed by atoms with Gasteiger partial charge in [-0.25, -0.2) is 14.8 Å². The molecule has 0 saturated carbocycles. The molecule has 28 heavy (non-hydrogen) atoms. The monoisotopic (exact) mass is 382 g/mol. The molecule has 1 aliphatic heterocycles. The highest BCUT2D eigenvalue weighted by Gasteiger charge is 2.26. The van der Waals surface area contributed by atoms with Crippen molar-refractivity contribution in [3.8, 4) is 0 Å². The molecule has 0 aromatic carbocycles. The number of aryl methyl sites for hydroxylation is 1. The molecule has 1 aliphatic rings. The van der Waals surface area contributed by atoms with Gasteiger partial charge in [0.15, 0.2) is 0 Å². The molecular weight excluding hydrogens is 356 g/mol. The molecule has 3 heterocycles. The van der Waals surface area contributed by atoms with Gasteiger partial charge in [0.25, 0.3) is 0 Å². The van der Waals surface area contributed by atoms with E-state index in [1.807, 2.05) is 28.9 Å². The second-order valence-corrected chi connectivity index (χ2v) is 7.08. The van der Waals surface area contributed by atoms with Gasteiger partial charge in [0.05, 0.1) is 11.9 Å². The summed E-state index contributed by atoms with van der Waals surface area (Å²) in [5.74, 6) is 0.0254. The maximum atomic E-state index is 12.6. The number of carbonyl (C=O) groups is 2. The lowest BCUT2D eigenvalue weighted by atomic mass is 10.1. The number of aromatic nitrogens is 3. The van der Waals surface area contributed by atoms with Crippen LogP contribution in [0.2, 0.25) is 0 Å². The number of nitrogens with zero attached hydrogens (tertiary/aromatic N) is 5. The van der Waals surface area contributed by atoms with Crippen molar-refractivity contribution in [2.45, 2.75) is 45.7 Å². The highest BCUT2D eigenvalue weighted by atomic mass is 16.2. The minimum Gasteiger partial charge on any atom is -0.335 e. The van der Waals surface area contributed by atoms with Gasteiger partial charge in [0.2, 0.25) is 5.91 Å². The van der Waals surface area contributed by atoms with Crippen LogP contribution in [0.5, 0.6) is 0 Å². The molecule has 148 valence electrons. The average molecular weight is 382 g/mol. The SMILES string of the molecule is CC(=O)N(Cc1cncnc1)[C@H]1CCCN(C(=O)Nc2ccc(C)nc2)CC1. The van der Waals surface area contributed by atoms with Crippen LogP contribution < -0.4 is 5.32 Å². The Hall–Kier alpha value is -3.03. The number of carbonyl (C=O) groups excluding carboxylic acids is 2. The third-order valence-corrected chi connectivity index (χ3v) is 4.96. The summed E-state index contributed by atoms with van der Waals surface area (Å²) in [7, 11) is 0. The molecule has 1 fully saturated rings. The van der Waals surface area contributed by atoms with Crippen LogP contribution in [-0.4, -0.2) is 55.8 Å². The normalized spacial score (nSPS) is 16.9. The summed E-state index contributed by atoms with van der Waals surface area (Å²) in [4.78, 5) is 40.8.